The number of carboxylic acid groups (broad SMARTS) is 2. The van der Waals surface area contributed by atoms with Gasteiger partial charge in [0.15, 0.2) is 5.76 Å². The summed E-state index contributed by atoms with van der Waals surface area (Å²) in [5, 5.41) is 20.3. The van der Waals surface area contributed by atoms with Crippen molar-refractivity contribution in [3.63, 3.8) is 0 Å². The van der Waals surface area contributed by atoms with E-state index in [-0.39, 0.29) is 5.76 Å². The molecule has 0 unspecified atom stereocenters. The highest BCUT2D eigenvalue weighted by molar-refractivity contribution is 9.10. The molecule has 0 saturated carbocycles. The van der Waals surface area contributed by atoms with Gasteiger partial charge in [-0.3, -0.25) is 9.59 Å². The number of carbonyl (C=O) groups is 3. The quantitative estimate of drug-likeness (QED) is 0.753. The Bertz CT molecular complexity index is 723. The number of furan rings is 1. The number of amides is 1. The topological polar surface area (TPSA) is 117 Å². The average molecular weight is 356 g/mol. The molecule has 1 aromatic carbocycles. The fourth-order valence-electron chi connectivity index (χ4n) is 1.74. The molecule has 0 aliphatic rings. The molecule has 8 heteroatoms. The molecule has 3 N–H and O–H groups in total. The molecule has 0 aliphatic carbocycles. The number of halogens is 1. The van der Waals surface area contributed by atoms with Gasteiger partial charge in [0.25, 0.3) is 5.91 Å². The number of carboxylic acids is 2. The van der Waals surface area contributed by atoms with Gasteiger partial charge in [-0.05, 0) is 28.1 Å². The van der Waals surface area contributed by atoms with Crippen LogP contribution in [-0.4, -0.2) is 34.1 Å². The summed E-state index contributed by atoms with van der Waals surface area (Å²) in [6.45, 7) is 0. The van der Waals surface area contributed by atoms with E-state index in [9.17, 15) is 14.4 Å². The lowest BCUT2D eigenvalue weighted by molar-refractivity contribution is -0.145. The summed E-state index contributed by atoms with van der Waals surface area (Å²) in [6.07, 6.45) is -0.717. The minimum atomic E-state index is -1.52. The normalized spacial score (nSPS) is 12.0. The fourth-order valence-corrected chi connectivity index (χ4v) is 2.21. The molecule has 0 bridgehead atoms. The number of aliphatic carboxylic acids is 2. The van der Waals surface area contributed by atoms with E-state index >= 15 is 0 Å². The van der Waals surface area contributed by atoms with E-state index in [1.807, 2.05) is 0 Å². The predicted octanol–water partition coefficient (Wildman–Crippen LogP) is 1.85. The third-order valence-electron chi connectivity index (χ3n) is 2.70. The second-order valence-corrected chi connectivity index (χ2v) is 5.09. The lowest BCUT2D eigenvalue weighted by Gasteiger charge is -2.10. The number of hydrogen-bond donors (Lipinski definition) is 3. The third kappa shape index (κ3) is 3.40. The van der Waals surface area contributed by atoms with Crippen LogP contribution in [0.3, 0.4) is 0 Å². The molecular formula is C13H10BrNO6. The standard InChI is InChI=1S/C13H10BrNO6/c14-7-3-1-2-6-4-9(21-11(6)7)12(18)15-8(13(19)20)5-10(16)17/h1-4,8H,5H2,(H,15,18)(H,16,17)(H,19,20)/t8-/m0/s1. The first-order valence-electron chi connectivity index (χ1n) is 5.82. The number of para-hydroxylation sites is 1. The minimum Gasteiger partial charge on any atom is -0.481 e. The largest absolute Gasteiger partial charge is 0.481 e. The van der Waals surface area contributed by atoms with E-state index in [0.717, 1.165) is 0 Å². The van der Waals surface area contributed by atoms with E-state index in [1.54, 1.807) is 18.2 Å². The summed E-state index contributed by atoms with van der Waals surface area (Å²) >= 11 is 3.27. The minimum absolute atomic E-state index is 0.0893. The van der Waals surface area contributed by atoms with Gasteiger partial charge in [0.05, 0.1) is 10.9 Å². The van der Waals surface area contributed by atoms with Gasteiger partial charge in [0, 0.05) is 5.39 Å². The van der Waals surface area contributed by atoms with Crippen molar-refractivity contribution < 1.29 is 29.0 Å². The molecule has 1 aromatic heterocycles. The molecule has 0 spiro atoms. The Morgan fingerprint density at radius 1 is 1.29 bits per heavy atom. The van der Waals surface area contributed by atoms with Gasteiger partial charge in [-0.15, -0.1) is 0 Å². The van der Waals surface area contributed by atoms with Gasteiger partial charge in [-0.1, -0.05) is 12.1 Å². The van der Waals surface area contributed by atoms with Gasteiger partial charge in [-0.25, -0.2) is 4.79 Å². The van der Waals surface area contributed by atoms with Crippen LogP contribution in [0, 0.1) is 0 Å². The molecule has 7 nitrogen and oxygen atoms in total. The number of nitrogens with one attached hydrogen (secondary N) is 1. The smallest absolute Gasteiger partial charge is 0.326 e. The summed E-state index contributed by atoms with van der Waals surface area (Å²) in [5.41, 5.74) is 0.452. The third-order valence-corrected chi connectivity index (χ3v) is 3.33. The second kappa shape index (κ2) is 5.96. The molecule has 2 rings (SSSR count). The van der Waals surface area contributed by atoms with Gasteiger partial charge >= 0.3 is 11.9 Å². The Labute approximate surface area is 126 Å². The molecule has 2 aromatic rings. The highest BCUT2D eigenvalue weighted by atomic mass is 79.9. The van der Waals surface area contributed by atoms with Gasteiger partial charge in [0.1, 0.15) is 11.6 Å². The van der Waals surface area contributed by atoms with E-state index in [1.165, 1.54) is 6.07 Å². The van der Waals surface area contributed by atoms with Gasteiger partial charge in [0.2, 0.25) is 0 Å². The molecule has 0 fully saturated rings. The van der Waals surface area contributed by atoms with E-state index in [0.29, 0.717) is 15.4 Å². The molecule has 1 heterocycles. The van der Waals surface area contributed by atoms with Crippen molar-refractivity contribution in [2.45, 2.75) is 12.5 Å². The summed E-state index contributed by atoms with van der Waals surface area (Å²) in [6, 6.07) is 5.15. The van der Waals surface area contributed by atoms with Gasteiger partial charge in [-0.2, -0.15) is 0 Å². The maximum absolute atomic E-state index is 11.9. The average Bonchev–Trinajstić information content (AvgIpc) is 2.82. The number of rotatable bonds is 5. The second-order valence-electron chi connectivity index (χ2n) is 4.23. The molecule has 110 valence electrons. The molecule has 1 amide bonds. The van der Waals surface area contributed by atoms with Crippen molar-refractivity contribution in [2.24, 2.45) is 0 Å². The van der Waals surface area contributed by atoms with Crippen LogP contribution in [0.25, 0.3) is 11.0 Å². The highest BCUT2D eigenvalue weighted by Crippen LogP contribution is 2.26. The first kappa shape index (κ1) is 15.0. The Kier molecular flexibility index (Phi) is 4.27. The van der Waals surface area contributed by atoms with Crippen LogP contribution in [0.5, 0.6) is 0 Å². The van der Waals surface area contributed by atoms with Crippen molar-refractivity contribution >= 4 is 44.7 Å². The number of benzene rings is 1. The van der Waals surface area contributed by atoms with Gasteiger partial charge < -0.3 is 19.9 Å². The first-order chi connectivity index (χ1) is 9.88. The van der Waals surface area contributed by atoms with E-state index < -0.39 is 30.3 Å². The fraction of sp³-hybridized carbons (Fsp3) is 0.154. The van der Waals surface area contributed by atoms with Crippen molar-refractivity contribution in [3.05, 3.63) is 34.5 Å². The lowest BCUT2D eigenvalue weighted by Crippen LogP contribution is -2.42. The molecule has 0 radical (unpaired) electrons. The van der Waals surface area contributed by atoms with Crippen molar-refractivity contribution in [2.75, 3.05) is 0 Å². The van der Waals surface area contributed by atoms with Crippen molar-refractivity contribution in [1.82, 2.24) is 5.32 Å². The molecule has 21 heavy (non-hydrogen) atoms. The zero-order valence-corrected chi connectivity index (χ0v) is 12.1. The maximum atomic E-state index is 11.9. The summed E-state index contributed by atoms with van der Waals surface area (Å²) in [7, 11) is 0. The predicted molar refractivity (Wildman–Crippen MR) is 75.1 cm³/mol. The van der Waals surface area contributed by atoms with E-state index in [4.69, 9.17) is 14.6 Å². The zero-order valence-electron chi connectivity index (χ0n) is 10.5. The monoisotopic (exact) mass is 355 g/mol. The molecule has 0 aliphatic heterocycles. The summed E-state index contributed by atoms with van der Waals surface area (Å²) in [4.78, 5) is 33.4. The Morgan fingerprint density at radius 2 is 2.00 bits per heavy atom. The van der Waals surface area contributed by atoms with Crippen molar-refractivity contribution in [3.8, 4) is 0 Å². The highest BCUT2D eigenvalue weighted by Gasteiger charge is 2.25. The number of carbonyl (C=O) groups excluding carboxylic acids is 1. The van der Waals surface area contributed by atoms with Crippen LogP contribution in [0.1, 0.15) is 17.0 Å². The van der Waals surface area contributed by atoms with Crippen LogP contribution in [0.15, 0.2) is 33.2 Å². The van der Waals surface area contributed by atoms with Crippen LogP contribution >= 0.6 is 15.9 Å². The summed E-state index contributed by atoms with van der Waals surface area (Å²) in [5.74, 6) is -3.63. The van der Waals surface area contributed by atoms with Crippen molar-refractivity contribution in [1.29, 1.82) is 0 Å². The SMILES string of the molecule is O=C(O)C[C@H](NC(=O)c1cc2cccc(Br)c2o1)C(=O)O. The molecular weight excluding hydrogens is 346 g/mol. The zero-order chi connectivity index (χ0) is 15.6. The first-order valence-corrected chi connectivity index (χ1v) is 6.61. The van der Waals surface area contributed by atoms with E-state index in [2.05, 4.69) is 21.2 Å². The van der Waals surface area contributed by atoms with Crippen LogP contribution < -0.4 is 5.32 Å². The number of hydrogen-bond acceptors (Lipinski definition) is 4. The maximum Gasteiger partial charge on any atom is 0.326 e. The van der Waals surface area contributed by atoms with Crippen LogP contribution in [0.4, 0.5) is 0 Å². The summed E-state index contributed by atoms with van der Waals surface area (Å²) < 4.78 is 6.00. The van der Waals surface area contributed by atoms with Crippen LogP contribution in [-0.2, 0) is 9.59 Å². The molecule has 0 saturated heterocycles. The molecule has 1 atom stereocenters. The van der Waals surface area contributed by atoms with Crippen LogP contribution in [0.2, 0.25) is 0 Å². The Hall–Kier alpha value is -2.35. The Balaban J connectivity index is 2.23. The number of fused-ring (bicyclic) bond motifs is 1. The Morgan fingerprint density at radius 3 is 2.57 bits per heavy atom. The lowest BCUT2D eigenvalue weighted by atomic mass is 10.2.